The predicted octanol–water partition coefficient (Wildman–Crippen LogP) is 9.89. The maximum absolute atomic E-state index is 12.6. The van der Waals surface area contributed by atoms with Gasteiger partial charge in [-0.1, -0.05) is 109 Å². The molecule has 1 aliphatic carbocycles. The Hall–Kier alpha value is -3.95. The summed E-state index contributed by atoms with van der Waals surface area (Å²) in [6, 6.07) is 29.4. The number of aromatic nitrogens is 2. The molecule has 1 fully saturated rings. The smallest absolute Gasteiger partial charge is 0.330 e. The molecule has 2 aliphatic rings. The van der Waals surface area contributed by atoms with Crippen molar-refractivity contribution in [2.24, 2.45) is 5.92 Å². The van der Waals surface area contributed by atoms with E-state index >= 15 is 0 Å². The molecule has 4 aromatic carbocycles. The third kappa shape index (κ3) is 6.35. The first-order valence-electron chi connectivity index (χ1n) is 15.4. The minimum absolute atomic E-state index is 0.0567. The minimum Gasteiger partial charge on any atom is -0.493 e. The molecule has 7 nitrogen and oxygen atoms in total. The molecule has 47 heavy (non-hydrogen) atoms. The van der Waals surface area contributed by atoms with E-state index in [0.29, 0.717) is 32.4 Å². The largest absolute Gasteiger partial charge is 0.493 e. The zero-order chi connectivity index (χ0) is 32.7. The second-order valence-electron chi connectivity index (χ2n) is 11.9. The number of nitrogens with one attached hydrogen (secondary N) is 1. The Balaban J connectivity index is 1.38. The summed E-state index contributed by atoms with van der Waals surface area (Å²) < 4.78 is 30.2. The van der Waals surface area contributed by atoms with Crippen LogP contribution >= 0.6 is 34.8 Å². The van der Waals surface area contributed by atoms with E-state index in [1.807, 2.05) is 35.0 Å². The number of nitrogens with zero attached hydrogens (tertiary/aromatic N) is 3. The summed E-state index contributed by atoms with van der Waals surface area (Å²) in [6.45, 7) is 0. The second-order valence-corrected chi connectivity index (χ2v) is 14.7. The summed E-state index contributed by atoms with van der Waals surface area (Å²) >= 11 is 19.9. The van der Waals surface area contributed by atoms with Gasteiger partial charge < -0.3 is 9.67 Å². The van der Waals surface area contributed by atoms with Gasteiger partial charge in [-0.3, -0.25) is 0 Å². The Labute approximate surface area is 289 Å². The molecule has 0 spiro atoms. The predicted molar refractivity (Wildman–Crippen MR) is 190 cm³/mol. The van der Waals surface area contributed by atoms with E-state index in [9.17, 15) is 13.5 Å². The van der Waals surface area contributed by atoms with E-state index in [2.05, 4.69) is 41.1 Å². The summed E-state index contributed by atoms with van der Waals surface area (Å²) in [7, 11) is -3.98. The molecule has 2 N–H and O–H groups in total. The number of halogens is 3. The first-order chi connectivity index (χ1) is 22.7. The fourth-order valence-electron chi connectivity index (χ4n) is 6.68. The molecule has 1 unspecified atom stereocenters. The summed E-state index contributed by atoms with van der Waals surface area (Å²) in [5.74, 6) is 0.625. The maximum Gasteiger partial charge on any atom is 0.330 e. The third-order valence-corrected chi connectivity index (χ3v) is 11.0. The molecule has 0 bridgehead atoms. The fraction of sp³-hybridized carbons (Fsp3) is 0.194. The number of aliphatic hydroxyl groups is 1. The van der Waals surface area contributed by atoms with Crippen LogP contribution in [0.5, 0.6) is 0 Å². The van der Waals surface area contributed by atoms with E-state index in [0.717, 1.165) is 64.3 Å². The van der Waals surface area contributed by atoms with Crippen molar-refractivity contribution >= 4 is 50.7 Å². The highest BCUT2D eigenvalue weighted by Gasteiger charge is 2.33. The lowest BCUT2D eigenvalue weighted by Crippen LogP contribution is -2.29. The van der Waals surface area contributed by atoms with Gasteiger partial charge in [0.1, 0.15) is 5.82 Å². The molecule has 11 heteroatoms. The molecular formula is C36H31Cl3N4O3S. The van der Waals surface area contributed by atoms with Crippen LogP contribution in [-0.2, 0) is 10.2 Å². The van der Waals surface area contributed by atoms with E-state index in [4.69, 9.17) is 39.8 Å². The number of hydrogen-bond donors (Lipinski definition) is 2. The van der Waals surface area contributed by atoms with Crippen LogP contribution in [0.1, 0.15) is 49.4 Å². The number of aliphatic hydroxyl groups excluding tert-OH is 1. The van der Waals surface area contributed by atoms with Crippen LogP contribution in [0.3, 0.4) is 0 Å². The lowest BCUT2D eigenvalue weighted by molar-refractivity contribution is 0.320. The van der Waals surface area contributed by atoms with Gasteiger partial charge in [0.15, 0.2) is 0 Å². The van der Waals surface area contributed by atoms with E-state index < -0.39 is 16.1 Å². The molecule has 0 amide bonds. The monoisotopic (exact) mass is 704 g/mol. The van der Waals surface area contributed by atoms with Gasteiger partial charge >= 0.3 is 10.2 Å². The normalized spacial score (nSPS) is 16.9. The van der Waals surface area contributed by atoms with Gasteiger partial charge in [-0.2, -0.15) is 8.42 Å². The standard InChI is InChI=1S/C36H31Cl3N4O3S/c37-27-15-17-29(30(38)19-27)32-21-42(33-18-16-28(20-31(33)39)43-22-34(44)41-47(43,45)46)36(40-32)35(25-9-5-2-6-10-25)26-13-11-24(12-14-26)23-7-3-1-4-8-23/h1,3-4,7-8,11-22,25,35,41,44H,2,5-6,9-10H2. The zero-order valence-electron chi connectivity index (χ0n) is 25.2. The van der Waals surface area contributed by atoms with Gasteiger partial charge in [0, 0.05) is 22.7 Å². The highest BCUT2D eigenvalue weighted by Crippen LogP contribution is 2.44. The van der Waals surface area contributed by atoms with Gasteiger partial charge in [0.05, 0.1) is 33.3 Å². The van der Waals surface area contributed by atoms with Crippen molar-refractivity contribution in [3.05, 3.63) is 136 Å². The highest BCUT2D eigenvalue weighted by molar-refractivity contribution is 7.91. The maximum atomic E-state index is 12.6. The quantitative estimate of drug-likeness (QED) is 0.177. The van der Waals surface area contributed by atoms with Crippen molar-refractivity contribution in [3.63, 3.8) is 0 Å². The summed E-state index contributed by atoms with van der Waals surface area (Å²) in [5, 5.41) is 11.1. The summed E-state index contributed by atoms with van der Waals surface area (Å²) in [5.41, 5.74) is 5.76. The topological polar surface area (TPSA) is 87.5 Å². The molecule has 1 atom stereocenters. The number of imidazole rings is 1. The van der Waals surface area contributed by atoms with Gasteiger partial charge in [-0.15, -0.1) is 0 Å². The van der Waals surface area contributed by atoms with Gasteiger partial charge in [-0.25, -0.2) is 14.0 Å². The Bertz CT molecular complexity index is 2080. The lowest BCUT2D eigenvalue weighted by Gasteiger charge is -2.31. The highest BCUT2D eigenvalue weighted by atomic mass is 35.5. The Kier molecular flexibility index (Phi) is 8.70. The van der Waals surface area contributed by atoms with Crippen LogP contribution in [0.15, 0.2) is 109 Å². The van der Waals surface area contributed by atoms with Crippen molar-refractivity contribution in [1.29, 1.82) is 0 Å². The van der Waals surface area contributed by atoms with E-state index in [1.54, 1.807) is 30.3 Å². The van der Waals surface area contributed by atoms with E-state index in [1.165, 1.54) is 6.42 Å². The molecule has 5 aromatic rings. The minimum atomic E-state index is -3.98. The van der Waals surface area contributed by atoms with Crippen molar-refractivity contribution in [2.45, 2.75) is 38.0 Å². The molecule has 7 rings (SSSR count). The number of rotatable bonds is 7. The average molecular weight is 706 g/mol. The van der Waals surface area contributed by atoms with Gasteiger partial charge in [0.25, 0.3) is 0 Å². The Morgan fingerprint density at radius 3 is 2.21 bits per heavy atom. The molecule has 1 aliphatic heterocycles. The fourth-order valence-corrected chi connectivity index (χ4v) is 8.49. The summed E-state index contributed by atoms with van der Waals surface area (Å²) in [4.78, 5) is 5.27. The average Bonchev–Trinajstić information content (AvgIpc) is 3.61. The number of hydrogen-bond acceptors (Lipinski definition) is 4. The molecule has 240 valence electrons. The van der Waals surface area contributed by atoms with Crippen LogP contribution in [0.25, 0.3) is 28.1 Å². The van der Waals surface area contributed by atoms with Crippen molar-refractivity contribution in [2.75, 3.05) is 4.31 Å². The second kappa shape index (κ2) is 12.9. The first kappa shape index (κ1) is 31.6. The summed E-state index contributed by atoms with van der Waals surface area (Å²) in [6.07, 6.45) is 8.67. The van der Waals surface area contributed by atoms with Crippen molar-refractivity contribution in [1.82, 2.24) is 14.3 Å². The Morgan fingerprint density at radius 1 is 0.830 bits per heavy atom. The molecule has 0 radical (unpaired) electrons. The third-order valence-electron chi connectivity index (χ3n) is 8.89. The molecule has 2 heterocycles. The van der Waals surface area contributed by atoms with Crippen LogP contribution in [-0.4, -0.2) is 23.1 Å². The first-order valence-corrected chi connectivity index (χ1v) is 18.0. The molecular weight excluding hydrogens is 675 g/mol. The van der Waals surface area contributed by atoms with Crippen molar-refractivity contribution in [3.8, 4) is 28.1 Å². The van der Waals surface area contributed by atoms with Crippen molar-refractivity contribution < 1.29 is 13.5 Å². The van der Waals surface area contributed by atoms with Crippen LogP contribution in [0.2, 0.25) is 15.1 Å². The SMILES string of the molecule is O=S1(=O)NC(O)=CN1c1ccc(-n2cc(-c3ccc(Cl)cc3Cl)nc2C(c2ccc(-c3ccccc3)cc2)C2CCCCC2)c(Cl)c1. The van der Waals surface area contributed by atoms with Gasteiger partial charge in [0.2, 0.25) is 5.88 Å². The van der Waals surface area contributed by atoms with Crippen LogP contribution < -0.4 is 9.03 Å². The zero-order valence-corrected chi connectivity index (χ0v) is 28.2. The molecule has 1 aromatic heterocycles. The Morgan fingerprint density at radius 2 is 1.55 bits per heavy atom. The van der Waals surface area contributed by atoms with Crippen LogP contribution in [0, 0.1) is 5.92 Å². The molecule has 1 saturated carbocycles. The van der Waals surface area contributed by atoms with E-state index in [-0.39, 0.29) is 11.6 Å². The lowest BCUT2D eigenvalue weighted by atomic mass is 9.76. The van der Waals surface area contributed by atoms with Gasteiger partial charge in [-0.05, 0) is 71.8 Å². The van der Waals surface area contributed by atoms with Crippen LogP contribution in [0.4, 0.5) is 5.69 Å². The number of benzene rings is 4. The molecule has 0 saturated heterocycles. The number of anilines is 1.